The Balaban J connectivity index is 2.20. The molecule has 1 aromatic carbocycles. The van der Waals surface area contributed by atoms with Crippen molar-refractivity contribution in [2.45, 2.75) is 20.4 Å². The van der Waals surface area contributed by atoms with Crippen molar-refractivity contribution in [1.29, 1.82) is 0 Å². The molecule has 0 aliphatic rings. The van der Waals surface area contributed by atoms with Crippen molar-refractivity contribution in [2.75, 3.05) is 6.54 Å². The molecule has 1 aromatic heterocycles. The van der Waals surface area contributed by atoms with Crippen LogP contribution in [0.3, 0.4) is 0 Å². The third kappa shape index (κ3) is 3.66. The SMILES string of the molecule is CC(C)=CCNCc1nc2cc(Cl)ccc2c(=O)[nH]1. The van der Waals surface area contributed by atoms with Gasteiger partial charge in [-0.1, -0.05) is 23.3 Å². The normalized spacial score (nSPS) is 10.7. The summed E-state index contributed by atoms with van der Waals surface area (Å²) >= 11 is 5.91. The first-order valence-corrected chi connectivity index (χ1v) is 6.46. The molecular weight excluding hydrogens is 262 g/mol. The highest BCUT2D eigenvalue weighted by atomic mass is 35.5. The van der Waals surface area contributed by atoms with E-state index in [9.17, 15) is 4.79 Å². The summed E-state index contributed by atoms with van der Waals surface area (Å²) in [4.78, 5) is 19.0. The van der Waals surface area contributed by atoms with Gasteiger partial charge in [0.15, 0.2) is 0 Å². The Morgan fingerprint density at radius 3 is 3.00 bits per heavy atom. The predicted molar refractivity (Wildman–Crippen MR) is 78.5 cm³/mol. The first-order chi connectivity index (χ1) is 9.06. The van der Waals surface area contributed by atoms with Gasteiger partial charge in [0.1, 0.15) is 5.82 Å². The Bertz CT molecular complexity index is 672. The van der Waals surface area contributed by atoms with E-state index in [1.807, 2.05) is 13.8 Å². The molecule has 0 bridgehead atoms. The smallest absolute Gasteiger partial charge is 0.258 e. The molecule has 0 spiro atoms. The van der Waals surface area contributed by atoms with Crippen LogP contribution in [0.5, 0.6) is 0 Å². The molecule has 2 aromatic rings. The summed E-state index contributed by atoms with van der Waals surface area (Å²) in [6.45, 7) is 5.35. The number of nitrogens with zero attached hydrogens (tertiary/aromatic N) is 1. The summed E-state index contributed by atoms with van der Waals surface area (Å²) in [5.74, 6) is 0.613. The molecule has 2 N–H and O–H groups in total. The van der Waals surface area contributed by atoms with Gasteiger partial charge in [-0.05, 0) is 32.0 Å². The van der Waals surface area contributed by atoms with E-state index in [1.165, 1.54) is 5.57 Å². The average Bonchev–Trinajstić information content (AvgIpc) is 2.34. The Hall–Kier alpha value is -1.65. The molecule has 19 heavy (non-hydrogen) atoms. The molecule has 100 valence electrons. The zero-order valence-corrected chi connectivity index (χ0v) is 11.7. The van der Waals surface area contributed by atoms with Gasteiger partial charge in [0.05, 0.1) is 17.4 Å². The largest absolute Gasteiger partial charge is 0.309 e. The Morgan fingerprint density at radius 1 is 1.47 bits per heavy atom. The lowest BCUT2D eigenvalue weighted by molar-refractivity contribution is 0.715. The lowest BCUT2D eigenvalue weighted by atomic mass is 10.2. The zero-order valence-electron chi connectivity index (χ0n) is 11.0. The third-order valence-electron chi connectivity index (χ3n) is 2.66. The monoisotopic (exact) mass is 277 g/mol. The van der Waals surface area contributed by atoms with Crippen LogP contribution in [0.1, 0.15) is 19.7 Å². The highest BCUT2D eigenvalue weighted by Crippen LogP contribution is 2.14. The number of halogens is 1. The highest BCUT2D eigenvalue weighted by molar-refractivity contribution is 6.31. The number of hydrogen-bond acceptors (Lipinski definition) is 3. The van der Waals surface area contributed by atoms with Crippen LogP contribution < -0.4 is 10.9 Å². The number of allylic oxidation sites excluding steroid dienone is 1. The molecule has 0 unspecified atom stereocenters. The molecule has 0 saturated heterocycles. The van der Waals surface area contributed by atoms with Crippen molar-refractivity contribution >= 4 is 22.5 Å². The maximum absolute atomic E-state index is 11.9. The summed E-state index contributed by atoms with van der Waals surface area (Å²) in [7, 11) is 0. The maximum Gasteiger partial charge on any atom is 0.258 e. The number of hydrogen-bond donors (Lipinski definition) is 2. The lowest BCUT2D eigenvalue weighted by Crippen LogP contribution is -2.19. The van der Waals surface area contributed by atoms with Gasteiger partial charge >= 0.3 is 0 Å². The van der Waals surface area contributed by atoms with Gasteiger partial charge in [-0.2, -0.15) is 0 Å². The fourth-order valence-electron chi connectivity index (χ4n) is 1.71. The Labute approximate surface area is 116 Å². The van der Waals surface area contributed by atoms with Crippen molar-refractivity contribution in [2.24, 2.45) is 0 Å². The molecule has 5 heteroatoms. The van der Waals surface area contributed by atoms with Crippen molar-refractivity contribution < 1.29 is 0 Å². The summed E-state index contributed by atoms with van der Waals surface area (Å²) in [5.41, 5.74) is 1.73. The number of fused-ring (bicyclic) bond motifs is 1. The summed E-state index contributed by atoms with van der Waals surface area (Å²) in [6.07, 6.45) is 2.08. The van der Waals surface area contributed by atoms with Crippen molar-refractivity contribution in [3.63, 3.8) is 0 Å². The third-order valence-corrected chi connectivity index (χ3v) is 2.90. The van der Waals surface area contributed by atoms with E-state index in [0.29, 0.717) is 28.3 Å². The van der Waals surface area contributed by atoms with Crippen LogP contribution in [0.15, 0.2) is 34.6 Å². The van der Waals surface area contributed by atoms with Gasteiger partial charge < -0.3 is 10.3 Å². The molecule has 0 radical (unpaired) electrons. The minimum absolute atomic E-state index is 0.138. The van der Waals surface area contributed by atoms with Crippen LogP contribution in [-0.4, -0.2) is 16.5 Å². The van der Waals surface area contributed by atoms with Crippen LogP contribution in [0.4, 0.5) is 0 Å². The molecule has 2 rings (SSSR count). The molecule has 0 aliphatic heterocycles. The molecular formula is C14H16ClN3O. The molecule has 0 aliphatic carbocycles. The molecule has 1 heterocycles. The van der Waals surface area contributed by atoms with E-state index >= 15 is 0 Å². The number of nitrogens with one attached hydrogen (secondary N) is 2. The van der Waals surface area contributed by atoms with E-state index in [1.54, 1.807) is 18.2 Å². The molecule has 0 amide bonds. The average molecular weight is 278 g/mol. The zero-order chi connectivity index (χ0) is 13.8. The number of aromatic amines is 1. The number of aromatic nitrogens is 2. The van der Waals surface area contributed by atoms with Crippen LogP contribution in [0.2, 0.25) is 5.02 Å². The maximum atomic E-state index is 11.9. The second-order valence-electron chi connectivity index (χ2n) is 4.59. The second-order valence-corrected chi connectivity index (χ2v) is 5.02. The van der Waals surface area contributed by atoms with E-state index in [2.05, 4.69) is 21.4 Å². The summed E-state index contributed by atoms with van der Waals surface area (Å²) < 4.78 is 0. The first kappa shape index (κ1) is 13.8. The van der Waals surface area contributed by atoms with Crippen LogP contribution in [0, 0.1) is 0 Å². The van der Waals surface area contributed by atoms with Gasteiger partial charge in [-0.25, -0.2) is 4.98 Å². The van der Waals surface area contributed by atoms with Crippen molar-refractivity contribution in [3.05, 3.63) is 51.0 Å². The van der Waals surface area contributed by atoms with E-state index in [-0.39, 0.29) is 5.56 Å². The number of benzene rings is 1. The van der Waals surface area contributed by atoms with Gasteiger partial charge in [-0.15, -0.1) is 0 Å². The minimum atomic E-state index is -0.138. The molecule has 0 atom stereocenters. The van der Waals surface area contributed by atoms with E-state index in [0.717, 1.165) is 6.54 Å². The van der Waals surface area contributed by atoms with E-state index in [4.69, 9.17) is 11.6 Å². The van der Waals surface area contributed by atoms with Crippen LogP contribution in [-0.2, 0) is 6.54 Å². The summed E-state index contributed by atoms with van der Waals surface area (Å²) in [5, 5.41) is 4.33. The molecule has 0 saturated carbocycles. The second kappa shape index (κ2) is 5.99. The number of H-pyrrole nitrogens is 1. The highest BCUT2D eigenvalue weighted by Gasteiger charge is 2.03. The Morgan fingerprint density at radius 2 is 2.26 bits per heavy atom. The first-order valence-electron chi connectivity index (χ1n) is 6.09. The fraction of sp³-hybridized carbons (Fsp3) is 0.286. The number of rotatable bonds is 4. The van der Waals surface area contributed by atoms with Gasteiger partial charge in [0.2, 0.25) is 0 Å². The van der Waals surface area contributed by atoms with E-state index < -0.39 is 0 Å². The Kier molecular flexibility index (Phi) is 4.35. The van der Waals surface area contributed by atoms with Crippen molar-refractivity contribution in [1.82, 2.24) is 15.3 Å². The topological polar surface area (TPSA) is 57.8 Å². The predicted octanol–water partition coefficient (Wildman–Crippen LogP) is 2.63. The van der Waals surface area contributed by atoms with Gasteiger partial charge in [0.25, 0.3) is 5.56 Å². The molecule has 4 nitrogen and oxygen atoms in total. The van der Waals surface area contributed by atoms with Gasteiger partial charge in [-0.3, -0.25) is 4.79 Å². The standard InChI is InChI=1S/C14H16ClN3O/c1-9(2)5-6-16-8-13-17-12-7-10(15)3-4-11(12)14(19)18-13/h3-5,7,16H,6,8H2,1-2H3,(H,17,18,19). The van der Waals surface area contributed by atoms with Crippen molar-refractivity contribution in [3.8, 4) is 0 Å². The van der Waals surface area contributed by atoms with Gasteiger partial charge in [0, 0.05) is 11.6 Å². The fourth-order valence-corrected chi connectivity index (χ4v) is 1.88. The molecule has 0 fully saturated rings. The quantitative estimate of drug-likeness (QED) is 0.667. The van der Waals surface area contributed by atoms with Crippen LogP contribution >= 0.6 is 11.6 Å². The lowest BCUT2D eigenvalue weighted by Gasteiger charge is -2.04. The minimum Gasteiger partial charge on any atom is -0.309 e. The van der Waals surface area contributed by atoms with Crippen LogP contribution in [0.25, 0.3) is 10.9 Å². The summed E-state index contributed by atoms with van der Waals surface area (Å²) in [6, 6.07) is 5.07.